The number of carbonyl (C=O) groups excluding carboxylic acids is 1. The monoisotopic (exact) mass is 364 g/mol. The molecule has 1 N–H and O–H groups in total. The minimum Gasteiger partial charge on any atom is -0.465 e. The second-order valence-corrected chi connectivity index (χ2v) is 6.77. The van der Waals surface area contributed by atoms with Gasteiger partial charge in [0.15, 0.2) is 0 Å². The van der Waals surface area contributed by atoms with Crippen LogP contribution in [0, 0.1) is 17.2 Å². The SMILES string of the molecule is COC(=O)c1cc(-c2cccc(C#N)c2)cc(C(OC)C2CCNCC2)c1. The lowest BCUT2D eigenvalue weighted by Crippen LogP contribution is -2.31. The van der Waals surface area contributed by atoms with Gasteiger partial charge in [-0.15, -0.1) is 0 Å². The van der Waals surface area contributed by atoms with Gasteiger partial charge in [0.1, 0.15) is 0 Å². The third kappa shape index (κ3) is 4.36. The first-order valence-electron chi connectivity index (χ1n) is 9.13. The summed E-state index contributed by atoms with van der Waals surface area (Å²) >= 11 is 0. The van der Waals surface area contributed by atoms with Gasteiger partial charge in [-0.1, -0.05) is 12.1 Å². The Labute approximate surface area is 159 Å². The largest absolute Gasteiger partial charge is 0.465 e. The summed E-state index contributed by atoms with van der Waals surface area (Å²) in [5.74, 6) is 0.0112. The number of rotatable bonds is 5. The van der Waals surface area contributed by atoms with Gasteiger partial charge in [0.2, 0.25) is 0 Å². The quantitative estimate of drug-likeness (QED) is 0.819. The van der Waals surface area contributed by atoms with E-state index in [-0.39, 0.29) is 12.1 Å². The van der Waals surface area contributed by atoms with Gasteiger partial charge in [0.25, 0.3) is 0 Å². The number of hydrogen-bond donors (Lipinski definition) is 1. The van der Waals surface area contributed by atoms with Crippen molar-refractivity contribution in [3.05, 3.63) is 59.2 Å². The first kappa shape index (κ1) is 19.1. The van der Waals surface area contributed by atoms with Crippen molar-refractivity contribution in [2.75, 3.05) is 27.3 Å². The topological polar surface area (TPSA) is 71.4 Å². The van der Waals surface area contributed by atoms with Crippen molar-refractivity contribution in [3.8, 4) is 17.2 Å². The summed E-state index contributed by atoms with van der Waals surface area (Å²) in [6.07, 6.45) is 1.97. The third-order valence-corrected chi connectivity index (χ3v) is 5.10. The van der Waals surface area contributed by atoms with E-state index in [1.165, 1.54) is 7.11 Å². The van der Waals surface area contributed by atoms with Crippen LogP contribution in [0.2, 0.25) is 0 Å². The summed E-state index contributed by atoms with van der Waals surface area (Å²) in [4.78, 5) is 12.2. The molecular weight excluding hydrogens is 340 g/mol. The molecule has 1 atom stereocenters. The number of ether oxygens (including phenoxy) is 2. The van der Waals surface area contributed by atoms with E-state index in [1.807, 2.05) is 24.3 Å². The van der Waals surface area contributed by atoms with Crippen LogP contribution in [-0.2, 0) is 9.47 Å². The fraction of sp³-hybridized carbons (Fsp3) is 0.364. The lowest BCUT2D eigenvalue weighted by molar-refractivity contribution is 0.0381. The van der Waals surface area contributed by atoms with E-state index in [0.29, 0.717) is 17.0 Å². The lowest BCUT2D eigenvalue weighted by Gasteiger charge is -2.30. The number of nitriles is 1. The maximum atomic E-state index is 12.2. The van der Waals surface area contributed by atoms with Crippen LogP contribution in [0.4, 0.5) is 0 Å². The Kier molecular flexibility index (Phi) is 6.23. The molecule has 0 saturated carbocycles. The molecule has 0 amide bonds. The minimum atomic E-state index is -0.380. The summed E-state index contributed by atoms with van der Waals surface area (Å²) < 4.78 is 10.8. The molecule has 2 aromatic carbocycles. The predicted molar refractivity (Wildman–Crippen MR) is 103 cm³/mol. The molecule has 1 fully saturated rings. The highest BCUT2D eigenvalue weighted by atomic mass is 16.5. The summed E-state index contributed by atoms with van der Waals surface area (Å²) in [6, 6.07) is 15.3. The van der Waals surface area contributed by atoms with Gasteiger partial charge in [-0.05, 0) is 78.9 Å². The van der Waals surface area contributed by atoms with Crippen LogP contribution in [-0.4, -0.2) is 33.3 Å². The van der Waals surface area contributed by atoms with Gasteiger partial charge < -0.3 is 14.8 Å². The van der Waals surface area contributed by atoms with Crippen molar-refractivity contribution >= 4 is 5.97 Å². The van der Waals surface area contributed by atoms with Gasteiger partial charge >= 0.3 is 5.97 Å². The summed E-state index contributed by atoms with van der Waals surface area (Å²) in [6.45, 7) is 1.94. The molecule has 1 aliphatic heterocycles. The number of benzene rings is 2. The van der Waals surface area contributed by atoms with E-state index in [0.717, 1.165) is 42.6 Å². The van der Waals surface area contributed by atoms with E-state index in [2.05, 4.69) is 17.5 Å². The lowest BCUT2D eigenvalue weighted by atomic mass is 9.86. The number of esters is 1. The molecule has 5 heteroatoms. The molecule has 0 aromatic heterocycles. The molecule has 5 nitrogen and oxygen atoms in total. The molecule has 140 valence electrons. The van der Waals surface area contributed by atoms with E-state index < -0.39 is 0 Å². The number of piperidine rings is 1. The number of hydrogen-bond acceptors (Lipinski definition) is 5. The van der Waals surface area contributed by atoms with E-state index in [4.69, 9.17) is 9.47 Å². The molecular formula is C22H24N2O3. The van der Waals surface area contributed by atoms with Crippen LogP contribution < -0.4 is 5.32 Å². The molecule has 0 aliphatic carbocycles. The number of methoxy groups -OCH3 is 2. The first-order valence-corrected chi connectivity index (χ1v) is 9.13. The van der Waals surface area contributed by atoms with E-state index in [9.17, 15) is 10.1 Å². The number of carbonyl (C=O) groups is 1. The third-order valence-electron chi connectivity index (χ3n) is 5.10. The average Bonchev–Trinajstić information content (AvgIpc) is 2.74. The highest BCUT2D eigenvalue weighted by Crippen LogP contribution is 2.35. The van der Waals surface area contributed by atoms with E-state index in [1.54, 1.807) is 19.2 Å². The molecule has 0 spiro atoms. The van der Waals surface area contributed by atoms with Gasteiger partial charge in [0.05, 0.1) is 30.4 Å². The maximum absolute atomic E-state index is 12.2. The zero-order chi connectivity index (χ0) is 19.2. The highest BCUT2D eigenvalue weighted by Gasteiger charge is 2.26. The fourth-order valence-corrected chi connectivity index (χ4v) is 3.73. The van der Waals surface area contributed by atoms with Crippen LogP contribution in [0.3, 0.4) is 0 Å². The molecule has 3 rings (SSSR count). The highest BCUT2D eigenvalue weighted by molar-refractivity contribution is 5.91. The smallest absolute Gasteiger partial charge is 0.337 e. The Hall–Kier alpha value is -2.68. The molecule has 1 saturated heterocycles. The second kappa shape index (κ2) is 8.81. The summed E-state index contributed by atoms with van der Waals surface area (Å²) in [7, 11) is 3.10. The van der Waals surface area contributed by atoms with Crippen LogP contribution in [0.1, 0.15) is 40.4 Å². The standard InChI is InChI=1S/C22H24N2O3/c1-26-21(16-6-8-24-9-7-16)19-11-18(12-20(13-19)22(25)27-2)17-5-3-4-15(10-17)14-23/h3-5,10-13,16,21,24H,6-9H2,1-2H3. The number of nitrogens with zero attached hydrogens (tertiary/aromatic N) is 1. The summed E-state index contributed by atoms with van der Waals surface area (Å²) in [5, 5.41) is 12.6. The van der Waals surface area contributed by atoms with Gasteiger partial charge in [0, 0.05) is 7.11 Å². The summed E-state index contributed by atoms with van der Waals surface area (Å²) in [5.41, 5.74) is 3.80. The molecule has 0 radical (unpaired) electrons. The van der Waals surface area contributed by atoms with Gasteiger partial charge in [-0.3, -0.25) is 0 Å². The number of nitrogens with one attached hydrogen (secondary N) is 1. The van der Waals surface area contributed by atoms with Crippen LogP contribution in [0.5, 0.6) is 0 Å². The average molecular weight is 364 g/mol. The Morgan fingerprint density at radius 1 is 1.15 bits per heavy atom. The minimum absolute atomic E-state index is 0.0883. The van der Waals surface area contributed by atoms with Crippen molar-refractivity contribution in [3.63, 3.8) is 0 Å². The molecule has 0 bridgehead atoms. The van der Waals surface area contributed by atoms with Crippen molar-refractivity contribution in [2.24, 2.45) is 5.92 Å². The Morgan fingerprint density at radius 3 is 2.59 bits per heavy atom. The zero-order valence-electron chi connectivity index (χ0n) is 15.7. The van der Waals surface area contributed by atoms with E-state index >= 15 is 0 Å². The maximum Gasteiger partial charge on any atom is 0.337 e. The Balaban J connectivity index is 2.07. The van der Waals surface area contributed by atoms with Crippen molar-refractivity contribution in [2.45, 2.75) is 18.9 Å². The predicted octanol–water partition coefficient (Wildman–Crippen LogP) is 3.70. The fourth-order valence-electron chi connectivity index (χ4n) is 3.73. The second-order valence-electron chi connectivity index (χ2n) is 6.77. The van der Waals surface area contributed by atoms with Crippen molar-refractivity contribution in [1.82, 2.24) is 5.32 Å². The molecule has 2 aromatic rings. The molecule has 1 aliphatic rings. The van der Waals surface area contributed by atoms with Crippen LogP contribution >= 0.6 is 0 Å². The zero-order valence-corrected chi connectivity index (χ0v) is 15.7. The molecule has 27 heavy (non-hydrogen) atoms. The van der Waals surface area contributed by atoms with Crippen LogP contribution in [0.15, 0.2) is 42.5 Å². The van der Waals surface area contributed by atoms with Crippen molar-refractivity contribution < 1.29 is 14.3 Å². The van der Waals surface area contributed by atoms with Gasteiger partial charge in [-0.2, -0.15) is 5.26 Å². The molecule has 1 unspecified atom stereocenters. The normalized spacial score (nSPS) is 15.7. The van der Waals surface area contributed by atoms with Crippen molar-refractivity contribution in [1.29, 1.82) is 5.26 Å². The first-order chi connectivity index (χ1) is 13.2. The Bertz CT molecular complexity index is 851. The van der Waals surface area contributed by atoms with Crippen LogP contribution in [0.25, 0.3) is 11.1 Å². The molecule has 1 heterocycles. The Morgan fingerprint density at radius 2 is 1.93 bits per heavy atom. The van der Waals surface area contributed by atoms with Gasteiger partial charge in [-0.25, -0.2) is 4.79 Å².